The quantitative estimate of drug-likeness (QED) is 0.228. The first-order valence-corrected chi connectivity index (χ1v) is 15.7. The summed E-state index contributed by atoms with van der Waals surface area (Å²) in [6.45, 7) is 13.2. The molecule has 12 heteroatoms. The summed E-state index contributed by atoms with van der Waals surface area (Å²) in [6, 6.07) is 7.86. The van der Waals surface area contributed by atoms with Crippen molar-refractivity contribution in [2.45, 2.75) is 51.9 Å². The molecule has 0 bridgehead atoms. The molecule has 2 heterocycles. The van der Waals surface area contributed by atoms with E-state index >= 15 is 0 Å². The van der Waals surface area contributed by atoms with Crippen molar-refractivity contribution < 1.29 is 28.2 Å². The number of esters is 1. The zero-order valence-electron chi connectivity index (χ0n) is 23.5. The summed E-state index contributed by atoms with van der Waals surface area (Å²) in [6.07, 6.45) is 2.71. The van der Waals surface area contributed by atoms with E-state index in [4.69, 9.17) is 30.2 Å². The van der Waals surface area contributed by atoms with Crippen LogP contribution in [0.25, 0.3) is 0 Å². The van der Waals surface area contributed by atoms with E-state index in [2.05, 4.69) is 49.3 Å². The second-order valence-electron chi connectivity index (χ2n) is 10.6. The number of hydrogen-bond donors (Lipinski definition) is 1. The van der Waals surface area contributed by atoms with Gasteiger partial charge < -0.3 is 24.0 Å². The maximum absolute atomic E-state index is 13.1. The van der Waals surface area contributed by atoms with E-state index in [9.17, 15) is 9.59 Å². The van der Waals surface area contributed by atoms with Gasteiger partial charge in [0.15, 0.2) is 14.1 Å². The number of nitrogens with zero attached hydrogens (tertiary/aromatic N) is 3. The van der Waals surface area contributed by atoms with E-state index in [0.717, 1.165) is 0 Å². The number of pyridine rings is 1. The van der Waals surface area contributed by atoms with Gasteiger partial charge in [0, 0.05) is 37.1 Å². The number of amides is 1. The zero-order valence-corrected chi connectivity index (χ0v) is 25.3. The van der Waals surface area contributed by atoms with Gasteiger partial charge in [0.25, 0.3) is 5.91 Å². The lowest BCUT2D eigenvalue weighted by Crippen LogP contribution is -2.43. The highest BCUT2D eigenvalue weighted by Crippen LogP contribution is 2.37. The maximum Gasteiger partial charge on any atom is 0.339 e. The third-order valence-electron chi connectivity index (χ3n) is 6.36. The van der Waals surface area contributed by atoms with Gasteiger partial charge in [-0.3, -0.25) is 9.48 Å². The van der Waals surface area contributed by atoms with Gasteiger partial charge in [0.05, 0.1) is 19.3 Å². The number of aromatic nitrogens is 3. The Morgan fingerprint density at radius 3 is 2.41 bits per heavy atom. The lowest BCUT2D eigenvalue weighted by Gasteiger charge is -2.36. The molecule has 10 nitrogen and oxygen atoms in total. The van der Waals surface area contributed by atoms with Crippen LogP contribution in [0.1, 0.15) is 48.4 Å². The molecule has 3 aromatic rings. The molecule has 1 atom stereocenters. The van der Waals surface area contributed by atoms with Gasteiger partial charge in [-0.1, -0.05) is 32.4 Å². The highest BCUT2D eigenvalue weighted by Gasteiger charge is 2.37. The Morgan fingerprint density at radius 1 is 1.13 bits per heavy atom. The number of anilines is 1. The molecular formula is C27H35ClN4O6Si. The molecule has 0 aliphatic carbocycles. The average molecular weight is 575 g/mol. The van der Waals surface area contributed by atoms with Gasteiger partial charge in [-0.15, -0.1) is 0 Å². The normalized spacial score (nSPS) is 12.5. The molecule has 1 N–H and O–H groups in total. The molecule has 1 amide bonds. The number of methoxy groups -OCH3 is 1. The van der Waals surface area contributed by atoms with E-state index in [1.165, 1.54) is 25.4 Å². The molecule has 0 spiro atoms. The third-order valence-corrected chi connectivity index (χ3v) is 11.1. The van der Waals surface area contributed by atoms with Gasteiger partial charge in [-0.25, -0.2) is 9.78 Å². The third kappa shape index (κ3) is 8.04. The van der Waals surface area contributed by atoms with Crippen LogP contribution in [-0.4, -0.2) is 54.8 Å². The van der Waals surface area contributed by atoms with E-state index in [-0.39, 0.29) is 38.9 Å². The fourth-order valence-corrected chi connectivity index (χ4v) is 4.44. The number of benzene rings is 1. The summed E-state index contributed by atoms with van der Waals surface area (Å²) in [5.74, 6) is 0.120. The van der Waals surface area contributed by atoms with Crippen LogP contribution in [0, 0.1) is 0 Å². The number of carbonyl (C=O) groups is 2. The van der Waals surface area contributed by atoms with Crippen molar-refractivity contribution in [3.8, 4) is 17.4 Å². The van der Waals surface area contributed by atoms with Crippen LogP contribution in [0.3, 0.4) is 0 Å². The second-order valence-corrected chi connectivity index (χ2v) is 15.8. The Hall–Kier alpha value is -3.41. The van der Waals surface area contributed by atoms with Crippen LogP contribution in [0.5, 0.6) is 17.4 Å². The van der Waals surface area contributed by atoms with Crippen LogP contribution >= 0.6 is 11.6 Å². The Bertz CT molecular complexity index is 1340. The minimum absolute atomic E-state index is 0.0480. The largest absolute Gasteiger partial charge is 0.488 e. The van der Waals surface area contributed by atoms with Gasteiger partial charge in [-0.05, 0) is 43.3 Å². The van der Waals surface area contributed by atoms with Crippen molar-refractivity contribution in [1.82, 2.24) is 14.8 Å². The summed E-state index contributed by atoms with van der Waals surface area (Å²) in [7, 11) is 1.05. The molecule has 3 rings (SSSR count). The monoisotopic (exact) mass is 574 g/mol. The number of halogens is 1. The van der Waals surface area contributed by atoms with Crippen LogP contribution < -0.4 is 14.8 Å². The highest BCUT2D eigenvalue weighted by molar-refractivity contribution is 6.74. The predicted molar refractivity (Wildman–Crippen MR) is 152 cm³/mol. The van der Waals surface area contributed by atoms with Crippen LogP contribution in [0.15, 0.2) is 42.7 Å². The summed E-state index contributed by atoms with van der Waals surface area (Å²) in [5, 5.41) is 7.10. The molecule has 1 unspecified atom stereocenters. The first-order chi connectivity index (χ1) is 18.2. The van der Waals surface area contributed by atoms with Crippen molar-refractivity contribution in [3.63, 3.8) is 0 Å². The van der Waals surface area contributed by atoms with Crippen molar-refractivity contribution in [3.05, 3.63) is 58.9 Å². The Labute approximate surface area is 234 Å². The Balaban J connectivity index is 1.86. The number of aryl methyl sites for hydroxylation is 1. The number of ether oxygens (including phenoxy) is 3. The average Bonchev–Trinajstić information content (AvgIpc) is 3.27. The topological polar surface area (TPSA) is 114 Å². The van der Waals surface area contributed by atoms with Crippen LogP contribution in [-0.2, 0) is 16.2 Å². The van der Waals surface area contributed by atoms with Gasteiger partial charge in [0.2, 0.25) is 5.88 Å². The van der Waals surface area contributed by atoms with Crippen molar-refractivity contribution in [2.75, 3.05) is 19.0 Å². The number of carbonyl (C=O) groups excluding carboxylic acids is 2. The van der Waals surface area contributed by atoms with Gasteiger partial charge >= 0.3 is 5.97 Å². The zero-order chi connectivity index (χ0) is 29.0. The summed E-state index contributed by atoms with van der Waals surface area (Å²) < 4.78 is 24.6. The fourth-order valence-electron chi connectivity index (χ4n) is 3.15. The molecule has 0 saturated carbocycles. The molecule has 0 saturated heterocycles. The van der Waals surface area contributed by atoms with E-state index in [1.54, 1.807) is 36.1 Å². The first kappa shape index (κ1) is 30.1. The van der Waals surface area contributed by atoms with E-state index in [0.29, 0.717) is 18.2 Å². The number of hydrogen-bond acceptors (Lipinski definition) is 8. The Kier molecular flexibility index (Phi) is 9.41. The Morgan fingerprint density at radius 2 is 1.82 bits per heavy atom. The van der Waals surface area contributed by atoms with Gasteiger partial charge in [0.1, 0.15) is 22.6 Å². The minimum atomic E-state index is -1.97. The lowest BCUT2D eigenvalue weighted by molar-refractivity contribution is 0.0600. The molecule has 39 heavy (non-hydrogen) atoms. The van der Waals surface area contributed by atoms with Crippen LogP contribution in [0.4, 0.5) is 5.82 Å². The van der Waals surface area contributed by atoms with E-state index in [1.807, 2.05) is 6.92 Å². The van der Waals surface area contributed by atoms with Crippen molar-refractivity contribution in [2.24, 2.45) is 7.05 Å². The van der Waals surface area contributed by atoms with Crippen molar-refractivity contribution in [1.29, 1.82) is 0 Å². The van der Waals surface area contributed by atoms with Crippen molar-refractivity contribution >= 4 is 37.6 Å². The molecular weight excluding hydrogens is 540 g/mol. The standard InChI is InChI=1S/C27H35ClN4O6Si/c1-17(16-36-39(7,8)27(2,3)4)37-20-11-18(24(33)30-23-9-10-32(5)31-23)12-21(14-20)38-25-22(28)13-19(15-29-25)26(34)35-6/h9-15,17H,16H2,1-8H3,(H,30,31,33). The highest BCUT2D eigenvalue weighted by atomic mass is 35.5. The lowest BCUT2D eigenvalue weighted by atomic mass is 10.2. The minimum Gasteiger partial charge on any atom is -0.488 e. The first-order valence-electron chi connectivity index (χ1n) is 12.4. The number of rotatable bonds is 10. The molecule has 0 fully saturated rings. The van der Waals surface area contributed by atoms with Crippen LogP contribution in [0.2, 0.25) is 23.2 Å². The molecule has 0 radical (unpaired) electrons. The maximum atomic E-state index is 13.1. The molecule has 0 aliphatic heterocycles. The second kappa shape index (κ2) is 12.2. The summed E-state index contributed by atoms with van der Waals surface area (Å²) in [5.41, 5.74) is 0.450. The molecule has 1 aromatic carbocycles. The summed E-state index contributed by atoms with van der Waals surface area (Å²) in [4.78, 5) is 29.0. The molecule has 0 aliphatic rings. The predicted octanol–water partition coefficient (Wildman–Crippen LogP) is 6.09. The molecule has 2 aromatic heterocycles. The SMILES string of the molecule is COC(=O)c1cnc(Oc2cc(OC(C)CO[Si](C)(C)C(C)(C)C)cc(C(=O)Nc3ccn(C)n3)c2)c(Cl)c1. The van der Waals surface area contributed by atoms with E-state index < -0.39 is 20.2 Å². The fraction of sp³-hybridized carbons (Fsp3) is 0.407. The molecule has 210 valence electrons. The number of nitrogens with one attached hydrogen (secondary N) is 1. The van der Waals surface area contributed by atoms with Gasteiger partial charge in [-0.2, -0.15) is 5.10 Å². The summed E-state index contributed by atoms with van der Waals surface area (Å²) >= 11 is 6.31. The smallest absolute Gasteiger partial charge is 0.339 e.